The van der Waals surface area contributed by atoms with Crippen LogP contribution in [-0.2, 0) is 11.2 Å². The zero-order valence-electron chi connectivity index (χ0n) is 23.7. The van der Waals surface area contributed by atoms with Crippen LogP contribution in [0.3, 0.4) is 0 Å². The quantitative estimate of drug-likeness (QED) is 0.429. The highest BCUT2D eigenvalue weighted by molar-refractivity contribution is 6.30. The van der Waals surface area contributed by atoms with Gasteiger partial charge in [0.2, 0.25) is 0 Å². The summed E-state index contributed by atoms with van der Waals surface area (Å²) in [6.07, 6.45) is 2.23. The average molecular weight is 575 g/mol. The summed E-state index contributed by atoms with van der Waals surface area (Å²) in [5, 5.41) is 9.41. The first-order valence-corrected chi connectivity index (χ1v) is 13.8. The Morgan fingerprint density at radius 1 is 1.27 bits per heavy atom. The predicted molar refractivity (Wildman–Crippen MR) is 152 cm³/mol. The Morgan fingerprint density at radius 2 is 2.00 bits per heavy atom. The predicted octanol–water partition coefficient (Wildman–Crippen LogP) is 4.46. The van der Waals surface area contributed by atoms with Gasteiger partial charge in [0.15, 0.2) is 16.6 Å². The number of nitrogens with zero attached hydrogens (tertiary/aromatic N) is 6. The van der Waals surface area contributed by atoms with Gasteiger partial charge < -0.3 is 19.6 Å². The Balaban J connectivity index is 1.87. The van der Waals surface area contributed by atoms with E-state index in [1.165, 1.54) is 10.6 Å². The topological polar surface area (TPSA) is 114 Å². The van der Waals surface area contributed by atoms with Crippen molar-refractivity contribution < 1.29 is 19.0 Å². The molecule has 1 amide bonds. The van der Waals surface area contributed by atoms with E-state index in [1.54, 1.807) is 17.2 Å². The molecule has 1 aliphatic rings. The van der Waals surface area contributed by atoms with E-state index in [0.29, 0.717) is 49.2 Å². The summed E-state index contributed by atoms with van der Waals surface area (Å²) in [6.45, 7) is 12.2. The number of piperazine rings is 1. The number of hydrogen-bond donors (Lipinski definition) is 1. The van der Waals surface area contributed by atoms with Crippen molar-refractivity contribution in [3.63, 3.8) is 0 Å². The molecule has 216 valence electrons. The van der Waals surface area contributed by atoms with Gasteiger partial charge in [-0.3, -0.25) is 4.98 Å². The van der Waals surface area contributed by atoms with Gasteiger partial charge in [0.1, 0.15) is 11.4 Å². The molecular weight excluding hydrogens is 539 g/mol. The van der Waals surface area contributed by atoms with Crippen molar-refractivity contribution in [1.82, 2.24) is 24.4 Å². The third-order valence-electron chi connectivity index (χ3n) is 6.72. The minimum Gasteiger partial charge on any atom is -0.444 e. The molecule has 3 aromatic heterocycles. The van der Waals surface area contributed by atoms with Crippen molar-refractivity contribution in [2.45, 2.75) is 71.9 Å². The first-order valence-electron chi connectivity index (χ1n) is 13.4. The molecule has 0 saturated carbocycles. The van der Waals surface area contributed by atoms with Crippen LogP contribution in [0.1, 0.15) is 65.1 Å². The fraction of sp³-hybridized carbons (Fsp3) is 0.536. The Kier molecular flexibility index (Phi) is 8.65. The number of halogens is 2. The summed E-state index contributed by atoms with van der Waals surface area (Å²) in [5.74, 6) is -0.525. The number of ether oxygens (including phenoxy) is 1. The molecule has 1 fully saturated rings. The molecule has 0 bridgehead atoms. The minimum absolute atomic E-state index is 0.0198. The van der Waals surface area contributed by atoms with Crippen LogP contribution in [0.5, 0.6) is 0 Å². The average Bonchev–Trinajstić information content (AvgIpc) is 2.87. The molecule has 1 aliphatic heterocycles. The van der Waals surface area contributed by atoms with Crippen LogP contribution >= 0.6 is 11.6 Å². The Morgan fingerprint density at radius 3 is 2.62 bits per heavy atom. The number of hydrogen-bond acceptors (Lipinski definition) is 8. The number of amides is 1. The van der Waals surface area contributed by atoms with Gasteiger partial charge in [-0.15, -0.1) is 0 Å². The number of pyridine rings is 2. The molecule has 0 aromatic carbocycles. The molecule has 40 heavy (non-hydrogen) atoms. The molecule has 0 spiro atoms. The Labute approximate surface area is 237 Å². The van der Waals surface area contributed by atoms with Gasteiger partial charge in [-0.2, -0.15) is 4.98 Å². The number of aryl methyl sites for hydroxylation is 1. The molecule has 4 heterocycles. The normalized spacial score (nSPS) is 16.2. The number of carbonyl (C=O) groups excluding carboxylic acids is 1. The van der Waals surface area contributed by atoms with Gasteiger partial charge in [0, 0.05) is 38.5 Å². The van der Waals surface area contributed by atoms with Crippen molar-refractivity contribution in [2.24, 2.45) is 0 Å². The lowest BCUT2D eigenvalue weighted by atomic mass is 10.0. The van der Waals surface area contributed by atoms with Crippen LogP contribution in [-0.4, -0.2) is 73.5 Å². The lowest BCUT2D eigenvalue weighted by Gasteiger charge is -2.41. The van der Waals surface area contributed by atoms with Crippen LogP contribution < -0.4 is 10.6 Å². The fourth-order valence-corrected chi connectivity index (χ4v) is 5.07. The van der Waals surface area contributed by atoms with E-state index in [-0.39, 0.29) is 35.2 Å². The van der Waals surface area contributed by atoms with Crippen LogP contribution in [0.4, 0.5) is 15.0 Å². The largest absolute Gasteiger partial charge is 0.444 e. The number of rotatable bonds is 6. The summed E-state index contributed by atoms with van der Waals surface area (Å²) in [7, 11) is 0. The second kappa shape index (κ2) is 11.7. The van der Waals surface area contributed by atoms with Gasteiger partial charge in [-0.25, -0.2) is 23.5 Å². The number of anilines is 1. The van der Waals surface area contributed by atoms with Gasteiger partial charge in [0.05, 0.1) is 16.8 Å². The van der Waals surface area contributed by atoms with E-state index < -0.39 is 23.2 Å². The van der Waals surface area contributed by atoms with E-state index in [4.69, 9.17) is 16.3 Å². The summed E-state index contributed by atoms with van der Waals surface area (Å²) in [5.41, 5.74) is 0.863. The number of carbonyl (C=O) groups is 1. The van der Waals surface area contributed by atoms with Crippen LogP contribution in [0.15, 0.2) is 23.1 Å². The Bertz CT molecular complexity index is 1470. The smallest absolute Gasteiger partial charge is 0.410 e. The number of fused-ring (bicyclic) bond motifs is 1. The molecule has 0 radical (unpaired) electrons. The van der Waals surface area contributed by atoms with Crippen LogP contribution in [0.25, 0.3) is 16.7 Å². The number of aliphatic hydroxyl groups is 1. The first kappa shape index (κ1) is 29.7. The van der Waals surface area contributed by atoms with Crippen LogP contribution in [0, 0.1) is 5.82 Å². The second-order valence-electron chi connectivity index (χ2n) is 11.3. The first-order chi connectivity index (χ1) is 18.8. The molecule has 1 atom stereocenters. The number of aromatic nitrogens is 4. The summed E-state index contributed by atoms with van der Waals surface area (Å²) in [6, 6.07) is 2.79. The van der Waals surface area contributed by atoms with Crippen molar-refractivity contribution in [2.75, 3.05) is 31.1 Å². The second-order valence-corrected chi connectivity index (χ2v) is 11.7. The standard InChI is InChI=1S/C28H36ClFN6O4/c1-16(2)21-22(18(8-7-13-37)9-10-31-21)36-25-19(14-20(30)23(29)32-25)24(33-26(36)38)35-12-11-34(15-17(35)3)27(39)40-28(4,5)6/h9-10,14,16-17,37H,7-8,11-13,15H2,1-6H3. The SMILES string of the molecule is CC(C)c1nccc(CCCO)c1-n1c(=O)nc(N2CCN(C(=O)OC(C)(C)C)CC2C)c2cc(F)c(Cl)nc21. The monoisotopic (exact) mass is 574 g/mol. The van der Waals surface area contributed by atoms with Crippen molar-refractivity contribution in [1.29, 1.82) is 0 Å². The third kappa shape index (κ3) is 6.05. The molecule has 1 unspecified atom stereocenters. The highest BCUT2D eigenvalue weighted by atomic mass is 35.5. The molecule has 12 heteroatoms. The maximum atomic E-state index is 14.9. The lowest BCUT2D eigenvalue weighted by Crippen LogP contribution is -2.55. The van der Waals surface area contributed by atoms with E-state index >= 15 is 0 Å². The van der Waals surface area contributed by atoms with Crippen molar-refractivity contribution in [3.05, 3.63) is 51.0 Å². The van der Waals surface area contributed by atoms with Crippen LogP contribution in [0.2, 0.25) is 5.15 Å². The zero-order valence-corrected chi connectivity index (χ0v) is 24.5. The summed E-state index contributed by atoms with van der Waals surface area (Å²) >= 11 is 6.16. The highest BCUT2D eigenvalue weighted by Gasteiger charge is 2.33. The van der Waals surface area contributed by atoms with E-state index in [1.807, 2.05) is 46.4 Å². The van der Waals surface area contributed by atoms with Crippen molar-refractivity contribution in [3.8, 4) is 5.69 Å². The minimum atomic E-state index is -0.738. The number of aliphatic hydroxyl groups excluding tert-OH is 1. The van der Waals surface area contributed by atoms with Crippen molar-refractivity contribution >= 4 is 34.5 Å². The molecule has 3 aromatic rings. The lowest BCUT2D eigenvalue weighted by molar-refractivity contribution is 0.0218. The molecule has 4 rings (SSSR count). The van der Waals surface area contributed by atoms with E-state index in [2.05, 4.69) is 15.0 Å². The maximum Gasteiger partial charge on any atom is 0.410 e. The fourth-order valence-electron chi connectivity index (χ4n) is 4.93. The highest BCUT2D eigenvalue weighted by Crippen LogP contribution is 2.32. The molecule has 0 aliphatic carbocycles. The van der Waals surface area contributed by atoms with Gasteiger partial charge in [-0.1, -0.05) is 25.4 Å². The van der Waals surface area contributed by atoms with E-state index in [0.717, 1.165) is 5.56 Å². The van der Waals surface area contributed by atoms with Gasteiger partial charge in [0.25, 0.3) is 0 Å². The molecule has 1 saturated heterocycles. The summed E-state index contributed by atoms with van der Waals surface area (Å²) < 4.78 is 21.7. The maximum absolute atomic E-state index is 14.9. The summed E-state index contributed by atoms with van der Waals surface area (Å²) in [4.78, 5) is 43.3. The molecule has 10 nitrogen and oxygen atoms in total. The Hall–Kier alpha value is -3.31. The van der Waals surface area contributed by atoms with Gasteiger partial charge in [-0.05, 0) is 64.2 Å². The third-order valence-corrected chi connectivity index (χ3v) is 6.99. The van der Waals surface area contributed by atoms with E-state index in [9.17, 15) is 19.1 Å². The van der Waals surface area contributed by atoms with Gasteiger partial charge >= 0.3 is 11.8 Å². The zero-order chi connectivity index (χ0) is 29.4. The molecular formula is C28H36ClFN6O4. The molecule has 1 N–H and O–H groups in total.